The van der Waals surface area contributed by atoms with Crippen molar-refractivity contribution in [1.82, 2.24) is 19.5 Å². The molecule has 2 N–H and O–H groups in total. The average Bonchev–Trinajstić information content (AvgIpc) is 3.23. The van der Waals surface area contributed by atoms with E-state index in [0.29, 0.717) is 30.3 Å². The Morgan fingerprint density at radius 2 is 2.11 bits per heavy atom. The van der Waals surface area contributed by atoms with Gasteiger partial charge in [0.15, 0.2) is 29.5 Å². The van der Waals surface area contributed by atoms with E-state index >= 15 is 0 Å². The quantitative estimate of drug-likeness (QED) is 0.734. The number of carbonyl (C=O) groups excluding carboxylic acids is 1. The zero-order valence-corrected chi connectivity index (χ0v) is 15.6. The summed E-state index contributed by atoms with van der Waals surface area (Å²) in [6.07, 6.45) is -0.301. The van der Waals surface area contributed by atoms with Crippen LogP contribution in [0.1, 0.15) is 33.9 Å². The Morgan fingerprint density at radius 1 is 1.37 bits per heavy atom. The molecule has 146 valence electrons. The molecule has 0 spiro atoms. The van der Waals surface area contributed by atoms with Crippen LogP contribution in [0.25, 0.3) is 11.2 Å². The number of aromatic nitrogens is 4. The highest BCUT2D eigenvalue weighted by molar-refractivity contribution is 5.71. The first-order chi connectivity index (χ1) is 12.8. The summed E-state index contributed by atoms with van der Waals surface area (Å²) in [4.78, 5) is 35.1. The predicted molar refractivity (Wildman–Crippen MR) is 95.3 cm³/mol. The summed E-state index contributed by atoms with van der Waals surface area (Å²) in [5.74, 6) is -0.0908. The minimum Gasteiger partial charge on any atom is -0.355 e. The largest absolute Gasteiger partial charge is 0.355 e. The number of nitrogens with zero attached hydrogens (tertiary/aromatic N) is 3. The molecule has 0 aliphatic carbocycles. The lowest BCUT2D eigenvalue weighted by atomic mass is 10.1. The Morgan fingerprint density at radius 3 is 2.81 bits per heavy atom. The van der Waals surface area contributed by atoms with Gasteiger partial charge in [0, 0.05) is 6.54 Å². The maximum absolute atomic E-state index is 12.4. The van der Waals surface area contributed by atoms with Crippen LogP contribution in [0, 0.1) is 5.92 Å². The van der Waals surface area contributed by atoms with Crippen LogP contribution in [0.3, 0.4) is 0 Å². The Kier molecular flexibility index (Phi) is 4.28. The number of aromatic amines is 1. The summed E-state index contributed by atoms with van der Waals surface area (Å²) >= 11 is 0. The maximum Gasteiger partial charge on any atom is 0.280 e. The number of anilines is 1. The molecule has 1 unspecified atom stereocenters. The van der Waals surface area contributed by atoms with Crippen LogP contribution < -0.4 is 10.9 Å². The molecule has 2 aromatic rings. The first kappa shape index (κ1) is 18.1. The van der Waals surface area contributed by atoms with Crippen molar-refractivity contribution in [2.45, 2.75) is 58.0 Å². The number of H-pyrrole nitrogens is 1. The molecular formula is C17H23N5O5. The van der Waals surface area contributed by atoms with Gasteiger partial charge >= 0.3 is 0 Å². The van der Waals surface area contributed by atoms with E-state index in [4.69, 9.17) is 14.2 Å². The average molecular weight is 377 g/mol. The Balaban J connectivity index is 1.73. The summed E-state index contributed by atoms with van der Waals surface area (Å²) in [6.45, 7) is 8.34. The predicted octanol–water partition coefficient (Wildman–Crippen LogP) is 0.804. The minimum atomic E-state index is -0.829. The minimum absolute atomic E-state index is 0.193. The van der Waals surface area contributed by atoms with Gasteiger partial charge in [0.1, 0.15) is 18.3 Å². The fourth-order valence-corrected chi connectivity index (χ4v) is 3.44. The summed E-state index contributed by atoms with van der Waals surface area (Å²) in [7, 11) is 0. The molecular weight excluding hydrogens is 354 g/mol. The Labute approximate surface area is 155 Å². The zero-order valence-electron chi connectivity index (χ0n) is 15.6. The molecule has 27 heavy (non-hydrogen) atoms. The summed E-state index contributed by atoms with van der Waals surface area (Å²) < 4.78 is 19.2. The molecule has 10 nitrogen and oxygen atoms in total. The highest BCUT2D eigenvalue weighted by Gasteiger charge is 2.56. The summed E-state index contributed by atoms with van der Waals surface area (Å²) in [5.41, 5.74) is 0.196. The fourth-order valence-electron chi connectivity index (χ4n) is 3.44. The number of fused-ring (bicyclic) bond motifs is 2. The third kappa shape index (κ3) is 3.13. The standard InChI is InChI=1S/C17H23N5O5/c1-8(2)5-18-16-20-13-10(14(24)21-16)19-7-22(13)15-12-11(9(6-23)25-15)26-17(3,4)27-12/h6-9,11-12,15H,5H2,1-4H3,(H2,18,20,21,24)/t9-,11?,12+,15-/m1/s1. The Hall–Kier alpha value is -2.30. The van der Waals surface area contributed by atoms with E-state index in [2.05, 4.69) is 34.1 Å². The number of ether oxygens (including phenoxy) is 3. The molecule has 2 aliphatic rings. The van der Waals surface area contributed by atoms with Crippen molar-refractivity contribution in [3.05, 3.63) is 16.7 Å². The van der Waals surface area contributed by atoms with Gasteiger partial charge in [-0.2, -0.15) is 4.98 Å². The highest BCUT2D eigenvalue weighted by Crippen LogP contribution is 2.43. The van der Waals surface area contributed by atoms with Gasteiger partial charge in [-0.25, -0.2) is 4.98 Å². The van der Waals surface area contributed by atoms with Crippen LogP contribution in [0.4, 0.5) is 5.95 Å². The molecule has 4 rings (SSSR count). The van der Waals surface area contributed by atoms with Crippen LogP contribution >= 0.6 is 0 Å². The normalized spacial score (nSPS) is 29.4. The van der Waals surface area contributed by atoms with Crippen molar-refractivity contribution < 1.29 is 19.0 Å². The van der Waals surface area contributed by atoms with Crippen LogP contribution in [0.15, 0.2) is 11.1 Å². The SMILES string of the molecule is CC(C)CNc1nc2c(ncn2[C@@H]2O[C@H](C=O)C3OC(C)(C)O[C@@H]32)c(=O)[nH]1. The molecule has 2 aromatic heterocycles. The van der Waals surface area contributed by atoms with Crippen molar-refractivity contribution in [3.63, 3.8) is 0 Å². The number of hydrogen-bond acceptors (Lipinski definition) is 8. The lowest BCUT2D eigenvalue weighted by Gasteiger charge is -2.23. The molecule has 4 heterocycles. The second kappa shape index (κ2) is 6.39. The van der Waals surface area contributed by atoms with Crippen molar-refractivity contribution in [1.29, 1.82) is 0 Å². The number of carbonyl (C=O) groups is 1. The number of aldehydes is 1. The Bertz CT molecular complexity index is 920. The lowest BCUT2D eigenvalue weighted by molar-refractivity contribution is -0.194. The highest BCUT2D eigenvalue weighted by atomic mass is 16.8. The molecule has 0 radical (unpaired) electrons. The molecule has 0 bridgehead atoms. The number of imidazole rings is 1. The van der Waals surface area contributed by atoms with E-state index in [-0.39, 0.29) is 11.1 Å². The third-order valence-electron chi connectivity index (χ3n) is 4.58. The fraction of sp³-hybridized carbons (Fsp3) is 0.647. The molecule has 4 atom stereocenters. The van der Waals surface area contributed by atoms with E-state index in [1.807, 2.05) is 0 Å². The van der Waals surface area contributed by atoms with Crippen molar-refractivity contribution in [2.24, 2.45) is 5.92 Å². The van der Waals surface area contributed by atoms with Crippen molar-refractivity contribution >= 4 is 23.4 Å². The van der Waals surface area contributed by atoms with Gasteiger partial charge in [-0.05, 0) is 19.8 Å². The van der Waals surface area contributed by atoms with Gasteiger partial charge in [0.05, 0.1) is 6.33 Å². The van der Waals surface area contributed by atoms with Gasteiger partial charge in [-0.3, -0.25) is 14.3 Å². The molecule has 0 saturated carbocycles. The first-order valence-corrected chi connectivity index (χ1v) is 8.96. The number of hydrogen-bond donors (Lipinski definition) is 2. The van der Waals surface area contributed by atoms with E-state index in [1.165, 1.54) is 6.33 Å². The zero-order chi connectivity index (χ0) is 19.3. The molecule has 0 amide bonds. The van der Waals surface area contributed by atoms with E-state index in [0.717, 1.165) is 0 Å². The van der Waals surface area contributed by atoms with Crippen LogP contribution in [-0.2, 0) is 19.0 Å². The number of rotatable bonds is 5. The number of nitrogens with one attached hydrogen (secondary N) is 2. The smallest absolute Gasteiger partial charge is 0.280 e. The first-order valence-electron chi connectivity index (χ1n) is 8.96. The van der Waals surface area contributed by atoms with Crippen LogP contribution in [-0.4, -0.2) is 56.4 Å². The van der Waals surface area contributed by atoms with Gasteiger partial charge in [0.25, 0.3) is 5.56 Å². The molecule has 10 heteroatoms. The second-order valence-corrected chi connectivity index (χ2v) is 7.71. The van der Waals surface area contributed by atoms with E-state index < -0.39 is 30.3 Å². The van der Waals surface area contributed by atoms with Gasteiger partial charge in [0.2, 0.25) is 5.95 Å². The lowest BCUT2D eigenvalue weighted by Crippen LogP contribution is -2.30. The van der Waals surface area contributed by atoms with Gasteiger partial charge in [-0.1, -0.05) is 13.8 Å². The van der Waals surface area contributed by atoms with Crippen molar-refractivity contribution in [2.75, 3.05) is 11.9 Å². The topological polar surface area (TPSA) is 120 Å². The summed E-state index contributed by atoms with van der Waals surface area (Å²) in [6, 6.07) is 0. The van der Waals surface area contributed by atoms with E-state index in [9.17, 15) is 9.59 Å². The molecule has 0 aromatic carbocycles. The molecule has 2 saturated heterocycles. The van der Waals surface area contributed by atoms with Gasteiger partial charge in [-0.15, -0.1) is 0 Å². The van der Waals surface area contributed by atoms with Crippen LogP contribution in [0.2, 0.25) is 0 Å². The van der Waals surface area contributed by atoms with Crippen molar-refractivity contribution in [3.8, 4) is 0 Å². The molecule has 2 fully saturated rings. The maximum atomic E-state index is 12.4. The van der Waals surface area contributed by atoms with Gasteiger partial charge < -0.3 is 24.3 Å². The third-order valence-corrected chi connectivity index (χ3v) is 4.58. The summed E-state index contributed by atoms with van der Waals surface area (Å²) in [5, 5.41) is 3.10. The monoisotopic (exact) mass is 377 g/mol. The molecule has 2 aliphatic heterocycles. The van der Waals surface area contributed by atoms with Crippen LogP contribution in [0.5, 0.6) is 0 Å². The second-order valence-electron chi connectivity index (χ2n) is 7.71. The van der Waals surface area contributed by atoms with E-state index in [1.54, 1.807) is 18.4 Å².